The molecule has 1 unspecified atom stereocenters. The second kappa shape index (κ2) is 4.58. The van der Waals surface area contributed by atoms with Crippen molar-refractivity contribution in [1.82, 2.24) is 0 Å². The quantitative estimate of drug-likeness (QED) is 0.791. The summed E-state index contributed by atoms with van der Waals surface area (Å²) in [4.78, 5) is 0. The second-order valence-corrected chi connectivity index (χ2v) is 4.85. The van der Waals surface area contributed by atoms with Crippen LogP contribution in [0.2, 0.25) is 0 Å². The van der Waals surface area contributed by atoms with E-state index in [0.717, 1.165) is 6.42 Å². The SMILES string of the molecule is [2H]C1(COC)CC1(c1ccccc1)c1ccccc1. The van der Waals surface area contributed by atoms with E-state index < -0.39 is 5.89 Å². The number of hydrogen-bond donors (Lipinski definition) is 0. The third-order valence-corrected chi connectivity index (χ3v) is 3.81. The van der Waals surface area contributed by atoms with Crippen LogP contribution >= 0.6 is 0 Å². The van der Waals surface area contributed by atoms with Gasteiger partial charge in [0, 0.05) is 13.9 Å². The summed E-state index contributed by atoms with van der Waals surface area (Å²) >= 11 is 0. The van der Waals surface area contributed by atoms with Gasteiger partial charge in [0.2, 0.25) is 0 Å². The highest BCUT2D eigenvalue weighted by molar-refractivity contribution is 5.46. The highest BCUT2D eigenvalue weighted by atomic mass is 16.5. The first-order chi connectivity index (χ1) is 9.23. The molecule has 18 heavy (non-hydrogen) atoms. The first kappa shape index (κ1) is 10.3. The number of hydrogen-bond acceptors (Lipinski definition) is 1. The second-order valence-electron chi connectivity index (χ2n) is 4.85. The number of rotatable bonds is 4. The van der Waals surface area contributed by atoms with Gasteiger partial charge in [-0.25, -0.2) is 0 Å². The van der Waals surface area contributed by atoms with E-state index in [2.05, 4.69) is 24.3 Å². The summed E-state index contributed by atoms with van der Waals surface area (Å²) in [6, 6.07) is 20.7. The molecule has 0 spiro atoms. The van der Waals surface area contributed by atoms with E-state index in [1.807, 2.05) is 36.4 Å². The molecule has 92 valence electrons. The largest absolute Gasteiger partial charge is 0.384 e. The molecule has 0 bridgehead atoms. The van der Waals surface area contributed by atoms with Crippen molar-refractivity contribution in [3.05, 3.63) is 71.8 Å². The molecule has 1 saturated carbocycles. The summed E-state index contributed by atoms with van der Waals surface area (Å²) in [6.07, 6.45) is 0.821. The Morgan fingerprint density at radius 3 is 2.00 bits per heavy atom. The molecule has 0 aliphatic heterocycles. The molecule has 1 aliphatic rings. The lowest BCUT2D eigenvalue weighted by atomic mass is 9.86. The van der Waals surface area contributed by atoms with Crippen LogP contribution in [-0.4, -0.2) is 13.7 Å². The lowest BCUT2D eigenvalue weighted by Gasteiger charge is -2.18. The maximum atomic E-state index is 8.70. The highest BCUT2D eigenvalue weighted by Gasteiger charge is 2.55. The molecule has 0 saturated heterocycles. The van der Waals surface area contributed by atoms with Crippen LogP contribution in [0.4, 0.5) is 0 Å². The minimum absolute atomic E-state index is 0.217. The van der Waals surface area contributed by atoms with Gasteiger partial charge in [0.1, 0.15) is 0 Å². The molecule has 0 heterocycles. The van der Waals surface area contributed by atoms with E-state index in [1.54, 1.807) is 7.11 Å². The Kier molecular flexibility index (Phi) is 2.63. The van der Waals surface area contributed by atoms with Crippen molar-refractivity contribution < 1.29 is 6.11 Å². The number of benzene rings is 2. The van der Waals surface area contributed by atoms with Crippen LogP contribution in [0.3, 0.4) is 0 Å². The molecule has 1 nitrogen and oxygen atoms in total. The van der Waals surface area contributed by atoms with E-state index in [-0.39, 0.29) is 5.41 Å². The maximum absolute atomic E-state index is 8.70. The molecule has 3 rings (SSSR count). The van der Waals surface area contributed by atoms with Crippen molar-refractivity contribution >= 4 is 0 Å². The molecule has 2 aromatic rings. The van der Waals surface area contributed by atoms with Gasteiger partial charge < -0.3 is 4.74 Å². The van der Waals surface area contributed by atoms with E-state index in [1.165, 1.54) is 11.1 Å². The van der Waals surface area contributed by atoms with Gasteiger partial charge in [-0.05, 0) is 23.4 Å². The van der Waals surface area contributed by atoms with Crippen LogP contribution in [0.15, 0.2) is 60.7 Å². The predicted octanol–water partition coefficient (Wildman–Crippen LogP) is 3.64. The molecule has 0 N–H and O–H groups in total. The van der Waals surface area contributed by atoms with E-state index in [0.29, 0.717) is 6.61 Å². The minimum Gasteiger partial charge on any atom is -0.384 e. The zero-order chi connectivity index (χ0) is 13.3. The van der Waals surface area contributed by atoms with Crippen molar-refractivity contribution in [1.29, 1.82) is 0 Å². The average molecular weight is 239 g/mol. The molecule has 1 atom stereocenters. The number of methoxy groups -OCH3 is 1. The van der Waals surface area contributed by atoms with E-state index in [4.69, 9.17) is 6.11 Å². The van der Waals surface area contributed by atoms with Crippen LogP contribution in [0.25, 0.3) is 0 Å². The molecule has 1 aliphatic carbocycles. The lowest BCUT2D eigenvalue weighted by molar-refractivity contribution is 0.180. The van der Waals surface area contributed by atoms with Crippen molar-refractivity contribution in [2.24, 2.45) is 5.89 Å². The third-order valence-electron chi connectivity index (χ3n) is 3.81. The Bertz CT molecular complexity index is 512. The summed E-state index contributed by atoms with van der Waals surface area (Å²) in [5, 5.41) is 0. The van der Waals surface area contributed by atoms with Gasteiger partial charge in [-0.3, -0.25) is 0 Å². The van der Waals surface area contributed by atoms with Gasteiger partial charge >= 0.3 is 0 Å². The van der Waals surface area contributed by atoms with Gasteiger partial charge in [-0.1, -0.05) is 60.7 Å². The average Bonchev–Trinajstić information content (AvgIpc) is 3.08. The van der Waals surface area contributed by atoms with Gasteiger partial charge in [0.05, 0.1) is 6.61 Å². The Hall–Kier alpha value is -1.60. The molecule has 2 aromatic carbocycles. The summed E-state index contributed by atoms with van der Waals surface area (Å²) in [5.41, 5.74) is 2.22. The lowest BCUT2D eigenvalue weighted by Crippen LogP contribution is -2.14. The fourth-order valence-corrected chi connectivity index (χ4v) is 2.85. The zero-order valence-electron chi connectivity index (χ0n) is 11.6. The van der Waals surface area contributed by atoms with Crippen LogP contribution in [0.5, 0.6) is 0 Å². The van der Waals surface area contributed by atoms with Crippen molar-refractivity contribution in [2.45, 2.75) is 11.8 Å². The van der Waals surface area contributed by atoms with Gasteiger partial charge in [-0.15, -0.1) is 0 Å². The van der Waals surface area contributed by atoms with Crippen LogP contribution in [0, 0.1) is 5.89 Å². The number of ether oxygens (including phenoxy) is 1. The summed E-state index contributed by atoms with van der Waals surface area (Å²) in [6.45, 7) is 0.469. The molecule has 0 aromatic heterocycles. The Balaban J connectivity index is 2.10. The summed E-state index contributed by atoms with van der Waals surface area (Å²) < 4.78 is 14.0. The van der Waals surface area contributed by atoms with Crippen molar-refractivity contribution in [2.75, 3.05) is 13.7 Å². The predicted molar refractivity (Wildman–Crippen MR) is 73.6 cm³/mol. The smallest absolute Gasteiger partial charge is 0.0502 e. The molecule has 1 fully saturated rings. The van der Waals surface area contributed by atoms with Crippen LogP contribution in [0.1, 0.15) is 18.9 Å². The summed E-state index contributed by atoms with van der Waals surface area (Å²) in [5.74, 6) is -0.551. The molecule has 0 amide bonds. The fraction of sp³-hybridized carbons (Fsp3) is 0.294. The molecule has 1 heteroatoms. The molecule has 0 radical (unpaired) electrons. The van der Waals surface area contributed by atoms with Crippen LogP contribution in [-0.2, 0) is 10.2 Å². The van der Waals surface area contributed by atoms with Crippen LogP contribution < -0.4 is 0 Å². The topological polar surface area (TPSA) is 9.23 Å². The summed E-state index contributed by atoms with van der Waals surface area (Å²) in [7, 11) is 1.68. The normalized spacial score (nSPS) is 25.5. The molecular weight excluding hydrogens is 220 g/mol. The Morgan fingerprint density at radius 2 is 1.56 bits per heavy atom. The standard InChI is InChI=1S/C17H18O/c1-18-13-16-12-17(16,14-8-4-2-5-9-14)15-10-6-3-7-11-15/h2-11,16H,12-13H2,1H3/i16D. The maximum Gasteiger partial charge on any atom is 0.0502 e. The minimum atomic E-state index is -0.551. The fourth-order valence-electron chi connectivity index (χ4n) is 2.85. The monoisotopic (exact) mass is 239 g/mol. The van der Waals surface area contributed by atoms with E-state index in [9.17, 15) is 0 Å². The highest BCUT2D eigenvalue weighted by Crippen LogP contribution is 2.58. The molecular formula is C17H18O. The van der Waals surface area contributed by atoms with Gasteiger partial charge in [0.25, 0.3) is 0 Å². The van der Waals surface area contributed by atoms with E-state index >= 15 is 0 Å². The zero-order valence-corrected chi connectivity index (χ0v) is 10.6. The van der Waals surface area contributed by atoms with Gasteiger partial charge in [-0.2, -0.15) is 0 Å². The van der Waals surface area contributed by atoms with Crippen molar-refractivity contribution in [3.63, 3.8) is 0 Å². The first-order valence-corrected chi connectivity index (χ1v) is 6.33. The van der Waals surface area contributed by atoms with Crippen molar-refractivity contribution in [3.8, 4) is 0 Å². The third kappa shape index (κ3) is 1.75. The first-order valence-electron chi connectivity index (χ1n) is 6.83. The Morgan fingerprint density at radius 1 is 1.06 bits per heavy atom. The Labute approximate surface area is 110 Å². The van der Waals surface area contributed by atoms with Gasteiger partial charge in [0.15, 0.2) is 0 Å².